The van der Waals surface area contributed by atoms with Crippen LogP contribution in [-0.4, -0.2) is 45.3 Å². The largest absolute Gasteiger partial charge is 0.370 e. The van der Waals surface area contributed by atoms with Gasteiger partial charge in [0.05, 0.1) is 0 Å². The number of nitrogens with one attached hydrogen (secondary N) is 1. The number of anilines is 2. The average molecular weight is 282 g/mol. The third-order valence-electron chi connectivity index (χ3n) is 3.24. The molecule has 6 heteroatoms. The molecular formula is C13H22N4OS. The molecule has 5 nitrogen and oxygen atoms in total. The van der Waals surface area contributed by atoms with Crippen LogP contribution in [0.2, 0.25) is 0 Å². The van der Waals surface area contributed by atoms with Crippen molar-refractivity contribution in [1.82, 2.24) is 9.97 Å². The van der Waals surface area contributed by atoms with E-state index in [0.717, 1.165) is 55.6 Å². The van der Waals surface area contributed by atoms with Crippen molar-refractivity contribution in [2.75, 3.05) is 41.4 Å². The molecule has 1 aromatic heterocycles. The second-order valence-electron chi connectivity index (χ2n) is 4.64. The van der Waals surface area contributed by atoms with Gasteiger partial charge in [0.2, 0.25) is 0 Å². The number of hydrogen-bond acceptors (Lipinski definition) is 5. The van der Waals surface area contributed by atoms with Crippen molar-refractivity contribution in [3.05, 3.63) is 11.9 Å². The van der Waals surface area contributed by atoms with E-state index in [1.165, 1.54) is 5.56 Å². The SMILES string of the molecule is CCCc1c(NCC)ncnc1N1CCS(=O)CC1. The minimum absolute atomic E-state index is 0.654. The molecule has 2 rings (SSSR count). The summed E-state index contributed by atoms with van der Waals surface area (Å²) in [5, 5.41) is 3.31. The summed E-state index contributed by atoms with van der Waals surface area (Å²) in [5.74, 6) is 3.45. The molecule has 1 aromatic rings. The molecule has 0 radical (unpaired) electrons. The van der Waals surface area contributed by atoms with Crippen molar-refractivity contribution in [3.63, 3.8) is 0 Å². The second kappa shape index (κ2) is 6.84. The normalized spacial score (nSPS) is 16.6. The van der Waals surface area contributed by atoms with Gasteiger partial charge in [-0.2, -0.15) is 0 Å². The topological polar surface area (TPSA) is 58.1 Å². The summed E-state index contributed by atoms with van der Waals surface area (Å²) in [6, 6.07) is 0. The van der Waals surface area contributed by atoms with Crippen LogP contribution in [0.1, 0.15) is 25.8 Å². The van der Waals surface area contributed by atoms with Crippen LogP contribution in [0.5, 0.6) is 0 Å². The zero-order valence-electron chi connectivity index (χ0n) is 11.7. The maximum Gasteiger partial charge on any atom is 0.137 e. The molecule has 1 fully saturated rings. The van der Waals surface area contributed by atoms with Crippen molar-refractivity contribution >= 4 is 22.4 Å². The molecule has 1 saturated heterocycles. The number of nitrogens with zero attached hydrogens (tertiary/aromatic N) is 3. The van der Waals surface area contributed by atoms with Gasteiger partial charge in [-0.05, 0) is 13.3 Å². The first kappa shape index (κ1) is 14.2. The lowest BCUT2D eigenvalue weighted by molar-refractivity contribution is 0.671. The van der Waals surface area contributed by atoms with Gasteiger partial charge < -0.3 is 10.2 Å². The molecule has 0 spiro atoms. The van der Waals surface area contributed by atoms with Gasteiger partial charge >= 0.3 is 0 Å². The highest BCUT2D eigenvalue weighted by Crippen LogP contribution is 2.25. The predicted octanol–water partition coefficient (Wildman–Crippen LogP) is 1.43. The number of rotatable bonds is 5. The minimum Gasteiger partial charge on any atom is -0.370 e. The Bertz CT molecular complexity index is 442. The highest BCUT2D eigenvalue weighted by Gasteiger charge is 2.20. The van der Waals surface area contributed by atoms with E-state index in [9.17, 15) is 4.21 Å². The van der Waals surface area contributed by atoms with E-state index in [1.54, 1.807) is 6.33 Å². The molecule has 0 aromatic carbocycles. The highest BCUT2D eigenvalue weighted by atomic mass is 32.2. The van der Waals surface area contributed by atoms with Gasteiger partial charge in [-0.25, -0.2) is 9.97 Å². The van der Waals surface area contributed by atoms with Crippen LogP contribution in [-0.2, 0) is 17.2 Å². The fourth-order valence-corrected chi connectivity index (χ4v) is 3.38. The van der Waals surface area contributed by atoms with Crippen molar-refractivity contribution in [1.29, 1.82) is 0 Å². The van der Waals surface area contributed by atoms with Crippen LogP contribution in [0, 0.1) is 0 Å². The van der Waals surface area contributed by atoms with Crippen molar-refractivity contribution in [2.45, 2.75) is 26.7 Å². The molecule has 1 aliphatic rings. The van der Waals surface area contributed by atoms with Gasteiger partial charge in [-0.1, -0.05) is 13.3 Å². The van der Waals surface area contributed by atoms with Gasteiger partial charge in [-0.15, -0.1) is 0 Å². The standard InChI is InChI=1S/C13H22N4OS/c1-3-5-11-12(14-4-2)15-10-16-13(11)17-6-8-19(18)9-7-17/h10H,3-9H2,1-2H3,(H,14,15,16). The molecule has 19 heavy (non-hydrogen) atoms. The Morgan fingerprint density at radius 1 is 1.32 bits per heavy atom. The number of hydrogen-bond donors (Lipinski definition) is 1. The summed E-state index contributed by atoms with van der Waals surface area (Å²) in [7, 11) is -0.654. The maximum atomic E-state index is 11.5. The first-order valence-electron chi connectivity index (χ1n) is 6.94. The van der Waals surface area contributed by atoms with Crippen molar-refractivity contribution < 1.29 is 4.21 Å². The Balaban J connectivity index is 2.27. The van der Waals surface area contributed by atoms with Gasteiger partial charge in [-0.3, -0.25) is 4.21 Å². The molecule has 1 N–H and O–H groups in total. The Labute approximate surface area is 117 Å². The monoisotopic (exact) mass is 282 g/mol. The predicted molar refractivity (Wildman–Crippen MR) is 80.3 cm³/mol. The van der Waals surface area contributed by atoms with E-state index in [4.69, 9.17) is 0 Å². The van der Waals surface area contributed by atoms with Crippen LogP contribution in [0.15, 0.2) is 6.33 Å². The van der Waals surface area contributed by atoms with Crippen LogP contribution in [0.4, 0.5) is 11.6 Å². The zero-order chi connectivity index (χ0) is 13.7. The van der Waals surface area contributed by atoms with E-state index in [-0.39, 0.29) is 0 Å². The average Bonchev–Trinajstić information content (AvgIpc) is 2.42. The fourth-order valence-electron chi connectivity index (χ4n) is 2.33. The molecule has 0 unspecified atom stereocenters. The molecule has 0 atom stereocenters. The lowest BCUT2D eigenvalue weighted by atomic mass is 10.1. The molecule has 0 bridgehead atoms. The Kier molecular flexibility index (Phi) is 5.13. The quantitative estimate of drug-likeness (QED) is 0.885. The Hall–Kier alpha value is -1.17. The van der Waals surface area contributed by atoms with Crippen LogP contribution in [0.3, 0.4) is 0 Å². The number of aromatic nitrogens is 2. The van der Waals surface area contributed by atoms with E-state index in [0.29, 0.717) is 0 Å². The fraction of sp³-hybridized carbons (Fsp3) is 0.692. The first-order chi connectivity index (χ1) is 9.26. The van der Waals surface area contributed by atoms with E-state index >= 15 is 0 Å². The van der Waals surface area contributed by atoms with Crippen LogP contribution >= 0.6 is 0 Å². The van der Waals surface area contributed by atoms with Gasteiger partial charge in [0.1, 0.15) is 18.0 Å². The first-order valence-corrected chi connectivity index (χ1v) is 8.42. The summed E-state index contributed by atoms with van der Waals surface area (Å²) in [6.45, 7) is 6.74. The third-order valence-corrected chi connectivity index (χ3v) is 4.52. The summed E-state index contributed by atoms with van der Waals surface area (Å²) in [6.07, 6.45) is 3.66. The van der Waals surface area contributed by atoms with Crippen molar-refractivity contribution in [2.24, 2.45) is 0 Å². The molecule has 106 valence electrons. The van der Waals surface area contributed by atoms with Crippen LogP contribution in [0.25, 0.3) is 0 Å². The smallest absolute Gasteiger partial charge is 0.137 e. The molecule has 0 saturated carbocycles. The van der Waals surface area contributed by atoms with E-state index in [1.807, 2.05) is 0 Å². The molecule has 0 amide bonds. The Morgan fingerprint density at radius 2 is 2.05 bits per heavy atom. The van der Waals surface area contributed by atoms with Gasteiger partial charge in [0.15, 0.2) is 0 Å². The molecular weight excluding hydrogens is 260 g/mol. The van der Waals surface area contributed by atoms with E-state index in [2.05, 4.69) is 34.0 Å². The Morgan fingerprint density at radius 3 is 2.68 bits per heavy atom. The summed E-state index contributed by atoms with van der Waals surface area (Å²) < 4.78 is 11.5. The highest BCUT2D eigenvalue weighted by molar-refractivity contribution is 7.85. The van der Waals surface area contributed by atoms with E-state index < -0.39 is 10.8 Å². The second-order valence-corrected chi connectivity index (χ2v) is 6.34. The molecule has 0 aliphatic carbocycles. The van der Waals surface area contributed by atoms with Gasteiger partial charge in [0.25, 0.3) is 0 Å². The summed E-state index contributed by atoms with van der Waals surface area (Å²) in [4.78, 5) is 11.1. The third kappa shape index (κ3) is 3.43. The summed E-state index contributed by atoms with van der Waals surface area (Å²) >= 11 is 0. The molecule has 2 heterocycles. The summed E-state index contributed by atoms with van der Waals surface area (Å²) in [5.41, 5.74) is 1.19. The lowest BCUT2D eigenvalue weighted by Crippen LogP contribution is -2.39. The maximum absolute atomic E-state index is 11.5. The lowest BCUT2D eigenvalue weighted by Gasteiger charge is -2.29. The van der Waals surface area contributed by atoms with Crippen molar-refractivity contribution in [3.8, 4) is 0 Å². The zero-order valence-corrected chi connectivity index (χ0v) is 12.5. The minimum atomic E-state index is -0.654. The molecule has 1 aliphatic heterocycles. The van der Waals surface area contributed by atoms with Gasteiger partial charge in [0, 0.05) is 47.5 Å². The van der Waals surface area contributed by atoms with Crippen LogP contribution < -0.4 is 10.2 Å².